The minimum absolute atomic E-state index is 0.0297. The van der Waals surface area contributed by atoms with Crippen LogP contribution in [0.3, 0.4) is 0 Å². The van der Waals surface area contributed by atoms with Crippen LogP contribution in [-0.4, -0.2) is 44.1 Å². The number of rotatable bonds is 8. The number of sulfone groups is 1. The van der Waals surface area contributed by atoms with Gasteiger partial charge < -0.3 is 10.1 Å². The van der Waals surface area contributed by atoms with Crippen LogP contribution in [0.4, 0.5) is 0 Å². The second kappa shape index (κ2) is 7.85. The summed E-state index contributed by atoms with van der Waals surface area (Å²) in [5.74, 6) is -1.17. The maximum atomic E-state index is 11.7. The Balaban J connectivity index is 4.09. The second-order valence-corrected chi connectivity index (χ2v) is 7.96. The quantitative estimate of drug-likeness (QED) is 0.687. The van der Waals surface area contributed by atoms with Gasteiger partial charge in [0.15, 0.2) is 9.84 Å². The van der Waals surface area contributed by atoms with Gasteiger partial charge in [-0.3, -0.25) is 4.79 Å². The maximum absolute atomic E-state index is 11.7. The number of hydrogen-bond donors (Lipinski definition) is 1. The Morgan fingerprint density at radius 1 is 1.32 bits per heavy atom. The molecule has 0 aliphatic carbocycles. The molecule has 0 heterocycles. The van der Waals surface area contributed by atoms with Gasteiger partial charge in [0.1, 0.15) is 11.4 Å². The van der Waals surface area contributed by atoms with Crippen LogP contribution in [0, 0.1) is 0 Å². The Hall–Kier alpha value is -0.620. The van der Waals surface area contributed by atoms with E-state index in [9.17, 15) is 13.2 Å². The summed E-state index contributed by atoms with van der Waals surface area (Å²) in [7, 11) is -3.37. The van der Waals surface area contributed by atoms with Crippen molar-refractivity contribution in [3.63, 3.8) is 0 Å². The van der Waals surface area contributed by atoms with Gasteiger partial charge in [-0.2, -0.15) is 0 Å². The van der Waals surface area contributed by atoms with E-state index in [4.69, 9.17) is 4.74 Å². The highest BCUT2D eigenvalue weighted by molar-refractivity contribution is 7.92. The van der Waals surface area contributed by atoms with Crippen molar-refractivity contribution in [2.24, 2.45) is 0 Å². The molecule has 0 rings (SSSR count). The molecule has 5 nitrogen and oxygen atoms in total. The fourth-order valence-electron chi connectivity index (χ4n) is 1.68. The van der Waals surface area contributed by atoms with E-state index in [0.29, 0.717) is 12.5 Å². The lowest BCUT2D eigenvalue weighted by atomic mass is 10.2. The van der Waals surface area contributed by atoms with Gasteiger partial charge in [0.25, 0.3) is 0 Å². The molecular formula is C13H27NO4S. The van der Waals surface area contributed by atoms with E-state index in [0.717, 1.165) is 13.0 Å². The fourth-order valence-corrected chi connectivity index (χ4v) is 2.85. The molecule has 0 spiro atoms. The van der Waals surface area contributed by atoms with Crippen LogP contribution in [-0.2, 0) is 19.4 Å². The third-order valence-corrected chi connectivity index (χ3v) is 3.99. The monoisotopic (exact) mass is 293 g/mol. The molecule has 1 N–H and O–H groups in total. The molecule has 0 saturated carbocycles. The molecule has 0 aliphatic rings. The summed E-state index contributed by atoms with van der Waals surface area (Å²) >= 11 is 0. The lowest BCUT2D eigenvalue weighted by Crippen LogP contribution is -2.30. The van der Waals surface area contributed by atoms with Crippen LogP contribution in [0.5, 0.6) is 0 Å². The number of carbonyl (C=O) groups excluding carboxylic acids is 1. The molecule has 0 radical (unpaired) electrons. The predicted molar refractivity (Wildman–Crippen MR) is 76.9 cm³/mol. The number of hydrogen-bond acceptors (Lipinski definition) is 5. The summed E-state index contributed by atoms with van der Waals surface area (Å²) in [4.78, 5) is 11.5. The normalized spacial score (nSPS) is 14.2. The molecule has 0 saturated heterocycles. The van der Waals surface area contributed by atoms with Crippen molar-refractivity contribution < 1.29 is 17.9 Å². The molecule has 0 amide bonds. The molecule has 0 aromatic heterocycles. The summed E-state index contributed by atoms with van der Waals surface area (Å²) in [5.41, 5.74) is -0.647. The molecule has 1 atom stereocenters. The first-order valence-electron chi connectivity index (χ1n) is 6.71. The van der Waals surface area contributed by atoms with Crippen LogP contribution in [0.2, 0.25) is 0 Å². The number of carbonyl (C=O) groups is 1. The molecule has 0 aromatic carbocycles. The van der Waals surface area contributed by atoms with Gasteiger partial charge in [-0.25, -0.2) is 8.42 Å². The third kappa shape index (κ3) is 10.9. The standard InChI is InChI=1S/C13H27NO4S/c1-6-14-11(2)8-7-9-19(16,17)10-12(15)18-13(3,4)5/h11,14H,6-10H2,1-5H3. The molecular weight excluding hydrogens is 266 g/mol. The van der Waals surface area contributed by atoms with Gasteiger partial charge in [-0.05, 0) is 47.1 Å². The van der Waals surface area contributed by atoms with Gasteiger partial charge in [0.2, 0.25) is 0 Å². The lowest BCUT2D eigenvalue weighted by Gasteiger charge is -2.19. The van der Waals surface area contributed by atoms with Gasteiger partial charge in [0.05, 0.1) is 5.75 Å². The van der Waals surface area contributed by atoms with E-state index < -0.39 is 27.2 Å². The Labute approximate surface area is 117 Å². The summed E-state index contributed by atoms with van der Waals surface area (Å²) < 4.78 is 28.5. The number of ether oxygens (including phenoxy) is 1. The van der Waals surface area contributed by atoms with E-state index in [1.165, 1.54) is 0 Å². The van der Waals surface area contributed by atoms with Crippen molar-refractivity contribution in [1.29, 1.82) is 0 Å². The Morgan fingerprint density at radius 3 is 2.37 bits per heavy atom. The van der Waals surface area contributed by atoms with Crippen molar-refractivity contribution >= 4 is 15.8 Å². The summed E-state index contributed by atoms with van der Waals surface area (Å²) in [6.07, 6.45) is 1.33. The fraction of sp³-hybridized carbons (Fsp3) is 0.923. The zero-order chi connectivity index (χ0) is 15.1. The minimum atomic E-state index is -3.37. The summed E-state index contributed by atoms with van der Waals surface area (Å²) in [5, 5.41) is 3.22. The largest absolute Gasteiger partial charge is 0.459 e. The van der Waals surface area contributed by atoms with Crippen LogP contribution >= 0.6 is 0 Å². The van der Waals surface area contributed by atoms with Crippen molar-refractivity contribution in [1.82, 2.24) is 5.32 Å². The maximum Gasteiger partial charge on any atom is 0.321 e. The summed E-state index contributed by atoms with van der Waals surface area (Å²) in [6, 6.07) is 0.293. The molecule has 19 heavy (non-hydrogen) atoms. The first-order chi connectivity index (χ1) is 8.56. The highest BCUT2D eigenvalue weighted by Crippen LogP contribution is 2.09. The predicted octanol–water partition coefficient (Wildman–Crippen LogP) is 1.52. The SMILES string of the molecule is CCNC(C)CCCS(=O)(=O)CC(=O)OC(C)(C)C. The zero-order valence-corrected chi connectivity index (χ0v) is 13.5. The van der Waals surface area contributed by atoms with Gasteiger partial charge in [-0.1, -0.05) is 6.92 Å². The average molecular weight is 293 g/mol. The number of esters is 1. The van der Waals surface area contributed by atoms with E-state index in [1.807, 2.05) is 13.8 Å². The molecule has 1 unspecified atom stereocenters. The molecule has 0 bridgehead atoms. The van der Waals surface area contributed by atoms with E-state index >= 15 is 0 Å². The molecule has 0 aromatic rings. The van der Waals surface area contributed by atoms with Gasteiger partial charge in [0, 0.05) is 6.04 Å². The van der Waals surface area contributed by atoms with Crippen molar-refractivity contribution in [2.75, 3.05) is 18.1 Å². The zero-order valence-electron chi connectivity index (χ0n) is 12.7. The highest BCUT2D eigenvalue weighted by atomic mass is 32.2. The summed E-state index contributed by atoms with van der Waals surface area (Å²) in [6.45, 7) is 10.0. The minimum Gasteiger partial charge on any atom is -0.459 e. The first-order valence-corrected chi connectivity index (χ1v) is 8.53. The third-order valence-electron chi connectivity index (χ3n) is 2.40. The molecule has 6 heteroatoms. The average Bonchev–Trinajstić information content (AvgIpc) is 2.12. The molecule has 0 aliphatic heterocycles. The van der Waals surface area contributed by atoms with Crippen LogP contribution in [0.15, 0.2) is 0 Å². The Bertz CT molecular complexity index is 371. The van der Waals surface area contributed by atoms with E-state index in [1.54, 1.807) is 20.8 Å². The van der Waals surface area contributed by atoms with Gasteiger partial charge >= 0.3 is 5.97 Å². The topological polar surface area (TPSA) is 72.5 Å². The second-order valence-electron chi connectivity index (χ2n) is 5.78. The van der Waals surface area contributed by atoms with Crippen LogP contribution in [0.25, 0.3) is 0 Å². The van der Waals surface area contributed by atoms with Crippen molar-refractivity contribution in [3.8, 4) is 0 Å². The first kappa shape index (κ1) is 18.4. The van der Waals surface area contributed by atoms with E-state index in [2.05, 4.69) is 5.32 Å². The molecule has 114 valence electrons. The Morgan fingerprint density at radius 2 is 1.89 bits per heavy atom. The Kier molecular flexibility index (Phi) is 7.59. The van der Waals surface area contributed by atoms with Crippen molar-refractivity contribution in [2.45, 2.75) is 59.1 Å². The van der Waals surface area contributed by atoms with Crippen molar-refractivity contribution in [3.05, 3.63) is 0 Å². The van der Waals surface area contributed by atoms with Crippen LogP contribution in [0.1, 0.15) is 47.5 Å². The van der Waals surface area contributed by atoms with Gasteiger partial charge in [-0.15, -0.1) is 0 Å². The smallest absolute Gasteiger partial charge is 0.321 e. The molecule has 0 fully saturated rings. The number of nitrogens with one attached hydrogen (secondary N) is 1. The van der Waals surface area contributed by atoms with E-state index in [-0.39, 0.29) is 5.75 Å². The lowest BCUT2D eigenvalue weighted by molar-refractivity contribution is -0.151. The van der Waals surface area contributed by atoms with Crippen LogP contribution < -0.4 is 5.32 Å². The highest BCUT2D eigenvalue weighted by Gasteiger charge is 2.22.